The van der Waals surface area contributed by atoms with Gasteiger partial charge in [0.2, 0.25) is 5.91 Å². The Bertz CT molecular complexity index is 577. The average Bonchev–Trinajstić information content (AvgIpc) is 2.61. The van der Waals surface area contributed by atoms with Crippen molar-refractivity contribution >= 4 is 23.2 Å². The highest BCUT2D eigenvalue weighted by Crippen LogP contribution is 2.14. The predicted octanol–water partition coefficient (Wildman–Crippen LogP) is 4.11. The number of likely N-dealkylation sites (N-methyl/N-ethyl adjacent to an activating group) is 1. The molecule has 0 radical (unpaired) electrons. The van der Waals surface area contributed by atoms with E-state index in [9.17, 15) is 4.79 Å². The number of nitrogens with zero attached hydrogens (tertiary/aromatic N) is 2. The number of nitrogens with one attached hydrogen (secondary N) is 1. The first kappa shape index (κ1) is 22.5. The number of halogens is 1. The van der Waals surface area contributed by atoms with E-state index in [4.69, 9.17) is 16.4 Å². The number of carbonyl (C=O) groups excluding carboxylic acids is 1. The number of carbonyl (C=O) groups is 1. The molecule has 1 aromatic rings. The highest BCUT2D eigenvalue weighted by atomic mass is 35.5. The molecule has 1 aliphatic heterocycles. The third kappa shape index (κ3) is 6.96. The third-order valence-corrected chi connectivity index (χ3v) is 4.60. The van der Waals surface area contributed by atoms with Crippen molar-refractivity contribution in [3.8, 4) is 0 Å². The molecular formula is C20H32ClN3O2. The summed E-state index contributed by atoms with van der Waals surface area (Å²) in [5.74, 6) is 0.682. The maximum Gasteiger partial charge on any atom is 0.239 e. The Hall–Kier alpha value is -1.59. The normalized spacial score (nSPS) is 15.4. The van der Waals surface area contributed by atoms with Crippen LogP contribution in [0.5, 0.6) is 0 Å². The van der Waals surface area contributed by atoms with E-state index < -0.39 is 0 Å². The van der Waals surface area contributed by atoms with Crippen LogP contribution in [0.1, 0.15) is 46.1 Å². The number of benzene rings is 1. The Labute approximate surface area is 162 Å². The maximum atomic E-state index is 12.6. The van der Waals surface area contributed by atoms with Gasteiger partial charge >= 0.3 is 0 Å². The zero-order chi connectivity index (χ0) is 18.2. The van der Waals surface area contributed by atoms with Crippen molar-refractivity contribution in [2.45, 2.75) is 53.2 Å². The van der Waals surface area contributed by atoms with Crippen molar-refractivity contribution in [1.82, 2.24) is 10.2 Å². The molecule has 1 saturated heterocycles. The van der Waals surface area contributed by atoms with Crippen LogP contribution in [-0.2, 0) is 16.2 Å². The molecule has 1 amide bonds. The molecule has 0 unspecified atom stereocenters. The summed E-state index contributed by atoms with van der Waals surface area (Å²) in [5, 5.41) is 8.09. The van der Waals surface area contributed by atoms with E-state index >= 15 is 0 Å². The monoisotopic (exact) mass is 381 g/mol. The van der Waals surface area contributed by atoms with E-state index in [1.807, 2.05) is 36.2 Å². The molecule has 0 bridgehead atoms. The number of amides is 1. The third-order valence-electron chi connectivity index (χ3n) is 4.34. The van der Waals surface area contributed by atoms with Gasteiger partial charge in [-0.3, -0.25) is 4.79 Å². The van der Waals surface area contributed by atoms with Crippen LogP contribution in [0.2, 0.25) is 5.02 Å². The molecule has 2 rings (SSSR count). The Kier molecular flexibility index (Phi) is 9.66. The molecule has 1 N–H and O–H groups in total. The number of piperidine rings is 1. The first-order valence-corrected chi connectivity index (χ1v) is 9.25. The highest BCUT2D eigenvalue weighted by molar-refractivity contribution is 6.30. The van der Waals surface area contributed by atoms with Crippen LogP contribution in [0.15, 0.2) is 29.4 Å². The zero-order valence-corrected chi connectivity index (χ0v) is 16.1. The topological polar surface area (TPSA) is 53.9 Å². The SMILES string of the molecule is C.CN[C@@H](CC(C)C)C(=O)N1CCC(=NOCc2ccc(Cl)cc2)CC1. The Morgan fingerprint density at radius 2 is 1.88 bits per heavy atom. The maximum absolute atomic E-state index is 12.6. The summed E-state index contributed by atoms with van der Waals surface area (Å²) in [6.07, 6.45) is 2.39. The zero-order valence-electron chi connectivity index (χ0n) is 15.3. The quantitative estimate of drug-likeness (QED) is 0.723. The van der Waals surface area contributed by atoms with Gasteiger partial charge in [-0.15, -0.1) is 0 Å². The second-order valence-electron chi connectivity index (χ2n) is 6.85. The lowest BCUT2D eigenvalue weighted by atomic mass is 10.0. The summed E-state index contributed by atoms with van der Waals surface area (Å²) in [7, 11) is 1.85. The van der Waals surface area contributed by atoms with E-state index in [-0.39, 0.29) is 19.4 Å². The second kappa shape index (κ2) is 11.2. The summed E-state index contributed by atoms with van der Waals surface area (Å²) < 4.78 is 0. The second-order valence-corrected chi connectivity index (χ2v) is 7.29. The lowest BCUT2D eigenvalue weighted by Crippen LogP contribution is -2.48. The molecule has 0 spiro atoms. The Morgan fingerprint density at radius 1 is 1.27 bits per heavy atom. The molecule has 6 heteroatoms. The van der Waals surface area contributed by atoms with Gasteiger partial charge < -0.3 is 15.1 Å². The van der Waals surface area contributed by atoms with Crippen LogP contribution in [0.3, 0.4) is 0 Å². The van der Waals surface area contributed by atoms with Crippen molar-refractivity contribution in [1.29, 1.82) is 0 Å². The van der Waals surface area contributed by atoms with Crippen LogP contribution >= 0.6 is 11.6 Å². The fraction of sp³-hybridized carbons (Fsp3) is 0.600. The number of hydrogen-bond donors (Lipinski definition) is 1. The van der Waals surface area contributed by atoms with Gasteiger partial charge in [-0.05, 0) is 37.1 Å². The molecule has 146 valence electrons. The molecule has 1 fully saturated rings. The van der Waals surface area contributed by atoms with Crippen LogP contribution in [0, 0.1) is 5.92 Å². The summed E-state index contributed by atoms with van der Waals surface area (Å²) in [4.78, 5) is 20.0. The highest BCUT2D eigenvalue weighted by Gasteiger charge is 2.26. The van der Waals surface area contributed by atoms with Gasteiger partial charge in [0.25, 0.3) is 0 Å². The molecule has 5 nitrogen and oxygen atoms in total. The number of rotatable bonds is 7. The van der Waals surface area contributed by atoms with Crippen LogP contribution in [0.25, 0.3) is 0 Å². The standard InChI is InChI=1S/C19H28ClN3O2.CH4/c1-14(2)12-18(21-3)19(24)23-10-8-17(9-11-23)22-25-13-15-4-6-16(20)7-5-15;/h4-7,14,18,21H,8-13H2,1-3H3;1H4/t18-;/m0./s1. The smallest absolute Gasteiger partial charge is 0.239 e. The molecule has 26 heavy (non-hydrogen) atoms. The summed E-state index contributed by atoms with van der Waals surface area (Å²) in [6.45, 7) is 6.11. The van der Waals surface area contributed by atoms with Crippen molar-refractivity contribution < 1.29 is 9.63 Å². The number of hydrogen-bond acceptors (Lipinski definition) is 4. The molecule has 0 aromatic heterocycles. The van der Waals surface area contributed by atoms with Gasteiger partial charge in [-0.2, -0.15) is 0 Å². The minimum atomic E-state index is -0.0976. The average molecular weight is 382 g/mol. The summed E-state index contributed by atoms with van der Waals surface area (Å²) >= 11 is 5.86. The first-order chi connectivity index (χ1) is 12.0. The van der Waals surface area contributed by atoms with Gasteiger partial charge in [0.15, 0.2) is 0 Å². The lowest BCUT2D eigenvalue weighted by Gasteiger charge is -2.31. The minimum absolute atomic E-state index is 0. The molecule has 1 atom stereocenters. The van der Waals surface area contributed by atoms with Crippen LogP contribution in [-0.4, -0.2) is 42.7 Å². The molecule has 0 saturated carbocycles. The predicted molar refractivity (Wildman–Crippen MR) is 109 cm³/mol. The van der Waals surface area contributed by atoms with Gasteiger partial charge in [0.05, 0.1) is 11.8 Å². The Morgan fingerprint density at radius 3 is 2.42 bits per heavy atom. The van der Waals surface area contributed by atoms with Crippen molar-refractivity contribution in [3.63, 3.8) is 0 Å². The summed E-state index contributed by atoms with van der Waals surface area (Å²) in [5.41, 5.74) is 2.05. The fourth-order valence-electron chi connectivity index (χ4n) is 2.89. The first-order valence-electron chi connectivity index (χ1n) is 8.87. The van der Waals surface area contributed by atoms with Crippen molar-refractivity contribution in [3.05, 3.63) is 34.9 Å². The van der Waals surface area contributed by atoms with Gasteiger partial charge in [-0.25, -0.2) is 0 Å². The van der Waals surface area contributed by atoms with E-state index in [1.54, 1.807) is 0 Å². The fourth-order valence-corrected chi connectivity index (χ4v) is 3.02. The largest absolute Gasteiger partial charge is 0.391 e. The van der Waals surface area contributed by atoms with E-state index in [0.717, 1.165) is 30.5 Å². The molecule has 1 aliphatic rings. The van der Waals surface area contributed by atoms with Gasteiger partial charge in [-0.1, -0.05) is 50.2 Å². The van der Waals surface area contributed by atoms with Crippen LogP contribution in [0.4, 0.5) is 0 Å². The minimum Gasteiger partial charge on any atom is -0.391 e. The molecule has 0 aliphatic carbocycles. The van der Waals surface area contributed by atoms with Crippen molar-refractivity contribution in [2.75, 3.05) is 20.1 Å². The van der Waals surface area contributed by atoms with Gasteiger partial charge in [0, 0.05) is 31.0 Å². The molecule has 1 aromatic carbocycles. The molecule has 1 heterocycles. The number of likely N-dealkylation sites (tertiary alicyclic amines) is 1. The Balaban J connectivity index is 0.00000338. The lowest BCUT2D eigenvalue weighted by molar-refractivity contribution is -0.133. The van der Waals surface area contributed by atoms with E-state index in [0.29, 0.717) is 30.6 Å². The van der Waals surface area contributed by atoms with Crippen LogP contribution < -0.4 is 5.32 Å². The van der Waals surface area contributed by atoms with E-state index in [1.165, 1.54) is 0 Å². The number of oxime groups is 1. The molecular weight excluding hydrogens is 350 g/mol. The summed E-state index contributed by atoms with van der Waals surface area (Å²) in [6, 6.07) is 7.44. The van der Waals surface area contributed by atoms with Gasteiger partial charge in [0.1, 0.15) is 6.61 Å². The van der Waals surface area contributed by atoms with E-state index in [2.05, 4.69) is 24.3 Å². The van der Waals surface area contributed by atoms with Crippen molar-refractivity contribution in [2.24, 2.45) is 11.1 Å².